The van der Waals surface area contributed by atoms with Crippen LogP contribution in [0.25, 0.3) is 6.08 Å². The van der Waals surface area contributed by atoms with Crippen LogP contribution < -0.4 is 4.90 Å². The predicted octanol–water partition coefficient (Wildman–Crippen LogP) is 4.05. The van der Waals surface area contributed by atoms with E-state index in [0.29, 0.717) is 37.6 Å². The third kappa shape index (κ3) is 5.49. The summed E-state index contributed by atoms with van der Waals surface area (Å²) >= 11 is 7.30. The Kier molecular flexibility index (Phi) is 6.77. The van der Waals surface area contributed by atoms with E-state index in [1.165, 1.54) is 29.7 Å². The van der Waals surface area contributed by atoms with Gasteiger partial charge in [-0.1, -0.05) is 23.7 Å². The van der Waals surface area contributed by atoms with Crippen molar-refractivity contribution in [1.29, 1.82) is 0 Å². The lowest BCUT2D eigenvalue weighted by Crippen LogP contribution is -2.48. The van der Waals surface area contributed by atoms with E-state index in [-0.39, 0.29) is 11.6 Å². The van der Waals surface area contributed by atoms with Gasteiger partial charge in [0.2, 0.25) is 11.0 Å². The number of halogens is 1. The normalized spacial score (nSPS) is 14.2. The smallest absolute Gasteiger partial charge is 0.269 e. The summed E-state index contributed by atoms with van der Waals surface area (Å²) in [5.41, 5.74) is 1.87. The molecule has 0 aliphatic carbocycles. The monoisotopic (exact) mass is 469 g/mol. The van der Waals surface area contributed by atoms with Crippen LogP contribution in [-0.2, 0) is 11.2 Å². The number of hydrogen-bond donors (Lipinski definition) is 0. The van der Waals surface area contributed by atoms with E-state index in [1.807, 2.05) is 24.3 Å². The maximum atomic E-state index is 12.5. The van der Waals surface area contributed by atoms with Gasteiger partial charge < -0.3 is 9.80 Å². The van der Waals surface area contributed by atoms with Crippen molar-refractivity contribution in [3.63, 3.8) is 0 Å². The van der Waals surface area contributed by atoms with Crippen LogP contribution in [0.2, 0.25) is 5.02 Å². The highest BCUT2D eigenvalue weighted by molar-refractivity contribution is 7.09. The van der Waals surface area contributed by atoms with E-state index in [0.717, 1.165) is 22.1 Å². The topological polar surface area (TPSA) is 92.5 Å². The molecule has 164 valence electrons. The summed E-state index contributed by atoms with van der Waals surface area (Å²) in [5.74, 6) is 0.695. The molecule has 1 fully saturated rings. The van der Waals surface area contributed by atoms with Gasteiger partial charge in [0.25, 0.3) is 5.69 Å². The maximum Gasteiger partial charge on any atom is 0.269 e. The van der Waals surface area contributed by atoms with Crippen molar-refractivity contribution in [3.05, 3.63) is 86.7 Å². The zero-order chi connectivity index (χ0) is 22.5. The van der Waals surface area contributed by atoms with E-state index in [1.54, 1.807) is 23.1 Å². The summed E-state index contributed by atoms with van der Waals surface area (Å²) < 4.78 is 4.47. The highest BCUT2D eigenvalue weighted by Crippen LogP contribution is 2.21. The number of hydrogen-bond acceptors (Lipinski definition) is 7. The average molecular weight is 470 g/mol. The molecule has 2 heterocycles. The van der Waals surface area contributed by atoms with E-state index in [2.05, 4.69) is 14.3 Å². The molecule has 2 aromatic carbocycles. The molecule has 0 spiro atoms. The molecule has 1 saturated heterocycles. The van der Waals surface area contributed by atoms with E-state index in [9.17, 15) is 14.9 Å². The zero-order valence-corrected chi connectivity index (χ0v) is 18.6. The van der Waals surface area contributed by atoms with Gasteiger partial charge >= 0.3 is 0 Å². The summed E-state index contributed by atoms with van der Waals surface area (Å²) in [5, 5.41) is 12.3. The number of benzene rings is 2. The molecule has 0 bridgehead atoms. The molecule has 1 aliphatic rings. The molecule has 32 heavy (non-hydrogen) atoms. The van der Waals surface area contributed by atoms with Crippen molar-refractivity contribution in [2.24, 2.45) is 0 Å². The van der Waals surface area contributed by atoms with Crippen LogP contribution in [0, 0.1) is 10.1 Å². The van der Waals surface area contributed by atoms with Crippen molar-refractivity contribution in [1.82, 2.24) is 14.3 Å². The van der Waals surface area contributed by atoms with Crippen LogP contribution in [0.4, 0.5) is 10.8 Å². The standard InChI is InChI=1S/C22H20ClN5O3S/c23-18-6-1-17(2-7-18)15-20-24-22(32-25-20)27-13-11-26(12-14-27)21(29)10-5-16-3-8-19(9-4-16)28(30)31/h1-10H,11-15H2/b10-5+. The van der Waals surface area contributed by atoms with Crippen molar-refractivity contribution in [2.45, 2.75) is 6.42 Å². The fourth-order valence-corrected chi connectivity index (χ4v) is 4.19. The number of piperazine rings is 1. The lowest BCUT2D eigenvalue weighted by atomic mass is 10.1. The van der Waals surface area contributed by atoms with Crippen LogP contribution >= 0.6 is 23.1 Å². The number of anilines is 1. The van der Waals surface area contributed by atoms with Gasteiger partial charge in [-0.15, -0.1) is 0 Å². The third-order valence-corrected chi connectivity index (χ3v) is 6.18. The van der Waals surface area contributed by atoms with Crippen LogP contribution in [0.5, 0.6) is 0 Å². The van der Waals surface area contributed by atoms with Crippen LogP contribution in [0.15, 0.2) is 54.6 Å². The number of amides is 1. The Morgan fingerprint density at radius 2 is 1.78 bits per heavy atom. The molecule has 4 rings (SSSR count). The molecule has 1 aromatic heterocycles. The number of carbonyl (C=O) groups is 1. The number of nitrogens with zero attached hydrogens (tertiary/aromatic N) is 5. The first-order valence-electron chi connectivity index (χ1n) is 10.0. The number of aromatic nitrogens is 2. The van der Waals surface area contributed by atoms with Gasteiger partial charge in [0.05, 0.1) is 4.92 Å². The summed E-state index contributed by atoms with van der Waals surface area (Å²) in [7, 11) is 0. The van der Waals surface area contributed by atoms with Gasteiger partial charge in [-0.2, -0.15) is 4.37 Å². The summed E-state index contributed by atoms with van der Waals surface area (Å²) in [4.78, 5) is 31.4. The Labute approximate surface area is 194 Å². The zero-order valence-electron chi connectivity index (χ0n) is 17.1. The molecule has 0 N–H and O–H groups in total. The van der Waals surface area contributed by atoms with Crippen molar-refractivity contribution >= 4 is 45.9 Å². The predicted molar refractivity (Wildman–Crippen MR) is 125 cm³/mol. The Morgan fingerprint density at radius 1 is 1.09 bits per heavy atom. The summed E-state index contributed by atoms with van der Waals surface area (Å²) in [6.45, 7) is 2.56. The molecule has 3 aromatic rings. The molecule has 10 heteroatoms. The number of carbonyl (C=O) groups excluding carboxylic acids is 1. The molecule has 1 aliphatic heterocycles. The Morgan fingerprint density at radius 3 is 2.44 bits per heavy atom. The number of rotatable bonds is 6. The SMILES string of the molecule is O=C(/C=C/c1ccc([N+](=O)[O-])cc1)N1CCN(c2nc(Cc3ccc(Cl)cc3)ns2)CC1. The molecule has 1 amide bonds. The first-order valence-corrected chi connectivity index (χ1v) is 11.2. The van der Waals surface area contributed by atoms with Gasteiger partial charge in [0.15, 0.2) is 0 Å². The second kappa shape index (κ2) is 9.88. The van der Waals surface area contributed by atoms with Gasteiger partial charge in [-0.25, -0.2) is 4.98 Å². The second-order valence-corrected chi connectivity index (χ2v) is 8.46. The van der Waals surface area contributed by atoms with Crippen LogP contribution in [0.3, 0.4) is 0 Å². The van der Waals surface area contributed by atoms with E-state index < -0.39 is 4.92 Å². The van der Waals surface area contributed by atoms with Gasteiger partial charge in [-0.05, 0) is 41.5 Å². The van der Waals surface area contributed by atoms with Crippen LogP contribution in [-0.4, -0.2) is 51.3 Å². The fraction of sp³-hybridized carbons (Fsp3) is 0.227. The Balaban J connectivity index is 1.29. The summed E-state index contributed by atoms with van der Waals surface area (Å²) in [6.07, 6.45) is 3.83. The van der Waals surface area contributed by atoms with Crippen molar-refractivity contribution < 1.29 is 9.72 Å². The first kappa shape index (κ1) is 21.9. The van der Waals surface area contributed by atoms with Crippen LogP contribution in [0.1, 0.15) is 17.0 Å². The third-order valence-electron chi connectivity index (χ3n) is 5.12. The molecular weight excluding hydrogens is 450 g/mol. The first-order chi connectivity index (χ1) is 15.5. The maximum absolute atomic E-state index is 12.5. The number of nitro benzene ring substituents is 1. The number of non-ortho nitro benzene ring substituents is 1. The average Bonchev–Trinajstić information content (AvgIpc) is 3.28. The molecule has 0 saturated carbocycles. The second-order valence-electron chi connectivity index (χ2n) is 7.29. The van der Waals surface area contributed by atoms with Crippen molar-refractivity contribution in [3.8, 4) is 0 Å². The fourth-order valence-electron chi connectivity index (χ4n) is 3.33. The largest absolute Gasteiger partial charge is 0.343 e. The molecular formula is C22H20ClN5O3S. The van der Waals surface area contributed by atoms with E-state index in [4.69, 9.17) is 11.6 Å². The van der Waals surface area contributed by atoms with Gasteiger partial charge in [0, 0.05) is 67.4 Å². The highest BCUT2D eigenvalue weighted by atomic mass is 35.5. The molecule has 0 atom stereocenters. The van der Waals surface area contributed by atoms with Crippen molar-refractivity contribution in [2.75, 3.05) is 31.1 Å². The van der Waals surface area contributed by atoms with Gasteiger partial charge in [-0.3, -0.25) is 14.9 Å². The minimum Gasteiger partial charge on any atom is -0.343 e. The van der Waals surface area contributed by atoms with E-state index >= 15 is 0 Å². The molecule has 0 unspecified atom stereocenters. The minimum absolute atomic E-state index is 0.0256. The Hall–Kier alpha value is -3.30. The molecule has 8 nitrogen and oxygen atoms in total. The highest BCUT2D eigenvalue weighted by Gasteiger charge is 2.22. The summed E-state index contributed by atoms with van der Waals surface area (Å²) in [6, 6.07) is 13.7. The Bertz CT molecular complexity index is 1120. The lowest BCUT2D eigenvalue weighted by molar-refractivity contribution is -0.384. The number of nitro groups is 1. The van der Waals surface area contributed by atoms with Gasteiger partial charge in [0.1, 0.15) is 5.82 Å². The lowest BCUT2D eigenvalue weighted by Gasteiger charge is -2.33. The molecule has 0 radical (unpaired) electrons. The minimum atomic E-state index is -0.448. The quantitative estimate of drug-likeness (QED) is 0.307.